The highest BCUT2D eigenvalue weighted by molar-refractivity contribution is 7.89. The van der Waals surface area contributed by atoms with Crippen LogP contribution in [-0.4, -0.2) is 36.8 Å². The van der Waals surface area contributed by atoms with Crippen molar-refractivity contribution in [3.8, 4) is 0 Å². The maximum absolute atomic E-state index is 12.8. The van der Waals surface area contributed by atoms with E-state index in [4.69, 9.17) is 23.8 Å². The number of sulfonamides is 1. The Hall–Kier alpha value is -2.00. The van der Waals surface area contributed by atoms with E-state index in [2.05, 4.69) is 17.6 Å². The van der Waals surface area contributed by atoms with Crippen LogP contribution in [0.3, 0.4) is 0 Å². The van der Waals surface area contributed by atoms with E-state index >= 15 is 0 Å². The standard InChI is InChI=1S/C20H22ClN3O3S2/c1-14-10-12-24(13-11-14)29(26,27)16-8-6-15(7-9-16)22-20(28)23-19(25)17-4-2-3-5-18(17)21/h2-9,14H,10-13H2,1H3,(H2,22,23,25,28). The van der Waals surface area contributed by atoms with Crippen LogP contribution >= 0.6 is 23.8 Å². The molecule has 3 rings (SSSR count). The van der Waals surface area contributed by atoms with Crippen LogP contribution in [0.2, 0.25) is 5.02 Å². The lowest BCUT2D eigenvalue weighted by Crippen LogP contribution is -2.37. The van der Waals surface area contributed by atoms with Crippen molar-refractivity contribution >= 4 is 50.5 Å². The number of carbonyl (C=O) groups is 1. The van der Waals surface area contributed by atoms with Crippen molar-refractivity contribution in [2.24, 2.45) is 5.92 Å². The normalized spacial score (nSPS) is 15.7. The van der Waals surface area contributed by atoms with Gasteiger partial charge in [0.05, 0.1) is 15.5 Å². The average Bonchev–Trinajstić information content (AvgIpc) is 2.69. The number of carbonyl (C=O) groups excluding carboxylic acids is 1. The van der Waals surface area contributed by atoms with Gasteiger partial charge in [-0.3, -0.25) is 10.1 Å². The van der Waals surface area contributed by atoms with Gasteiger partial charge in [-0.05, 0) is 67.4 Å². The summed E-state index contributed by atoms with van der Waals surface area (Å²) in [5.74, 6) is 0.127. The van der Waals surface area contributed by atoms with E-state index in [0.29, 0.717) is 35.3 Å². The van der Waals surface area contributed by atoms with E-state index in [9.17, 15) is 13.2 Å². The molecule has 0 unspecified atom stereocenters. The Bertz CT molecular complexity index is 1000. The molecule has 0 aliphatic carbocycles. The summed E-state index contributed by atoms with van der Waals surface area (Å²) in [5.41, 5.74) is 0.885. The van der Waals surface area contributed by atoms with Gasteiger partial charge >= 0.3 is 0 Å². The number of benzene rings is 2. The van der Waals surface area contributed by atoms with Gasteiger partial charge in [0.25, 0.3) is 5.91 Å². The van der Waals surface area contributed by atoms with Crippen molar-refractivity contribution in [1.82, 2.24) is 9.62 Å². The Morgan fingerprint density at radius 1 is 1.10 bits per heavy atom. The van der Waals surface area contributed by atoms with Crippen LogP contribution in [0, 0.1) is 5.92 Å². The van der Waals surface area contributed by atoms with Gasteiger partial charge in [0, 0.05) is 18.8 Å². The number of halogens is 1. The van der Waals surface area contributed by atoms with Gasteiger partial charge < -0.3 is 5.32 Å². The highest BCUT2D eigenvalue weighted by atomic mass is 35.5. The van der Waals surface area contributed by atoms with E-state index in [1.165, 1.54) is 16.4 Å². The molecule has 2 aromatic carbocycles. The fourth-order valence-corrected chi connectivity index (χ4v) is 4.96. The van der Waals surface area contributed by atoms with E-state index in [-0.39, 0.29) is 10.0 Å². The van der Waals surface area contributed by atoms with Gasteiger partial charge in [0.15, 0.2) is 5.11 Å². The molecule has 0 aromatic heterocycles. The second-order valence-electron chi connectivity index (χ2n) is 7.00. The molecule has 1 fully saturated rings. The summed E-state index contributed by atoms with van der Waals surface area (Å²) in [6, 6.07) is 13.0. The summed E-state index contributed by atoms with van der Waals surface area (Å²) < 4.78 is 27.1. The maximum Gasteiger partial charge on any atom is 0.258 e. The topological polar surface area (TPSA) is 78.5 Å². The molecule has 1 aliphatic heterocycles. The smallest absolute Gasteiger partial charge is 0.258 e. The van der Waals surface area contributed by atoms with Crippen molar-refractivity contribution in [1.29, 1.82) is 0 Å². The highest BCUT2D eigenvalue weighted by Crippen LogP contribution is 2.24. The number of thiocarbonyl (C=S) groups is 1. The van der Waals surface area contributed by atoms with E-state index < -0.39 is 15.9 Å². The zero-order chi connectivity index (χ0) is 21.0. The number of piperidine rings is 1. The van der Waals surface area contributed by atoms with Crippen molar-refractivity contribution in [3.05, 3.63) is 59.1 Å². The summed E-state index contributed by atoms with van der Waals surface area (Å²) in [4.78, 5) is 12.5. The average molecular weight is 452 g/mol. The second kappa shape index (κ2) is 9.21. The Kier molecular flexibility index (Phi) is 6.89. The van der Waals surface area contributed by atoms with Gasteiger partial charge in [-0.2, -0.15) is 4.31 Å². The minimum Gasteiger partial charge on any atom is -0.332 e. The Labute approximate surface area is 181 Å². The molecule has 0 bridgehead atoms. The molecule has 1 saturated heterocycles. The number of hydrogen-bond donors (Lipinski definition) is 2. The number of rotatable bonds is 4. The summed E-state index contributed by atoms with van der Waals surface area (Å²) in [7, 11) is -3.50. The van der Waals surface area contributed by atoms with E-state index in [1.54, 1.807) is 36.4 Å². The first-order chi connectivity index (χ1) is 13.8. The molecular formula is C20H22ClN3O3S2. The van der Waals surface area contributed by atoms with Crippen LogP contribution in [0.15, 0.2) is 53.4 Å². The third kappa shape index (κ3) is 5.33. The summed E-state index contributed by atoms with van der Waals surface area (Å²) in [6.45, 7) is 3.22. The van der Waals surface area contributed by atoms with Crippen LogP contribution < -0.4 is 10.6 Å². The molecule has 1 amide bonds. The minimum atomic E-state index is -3.50. The Balaban J connectivity index is 1.62. The van der Waals surface area contributed by atoms with Crippen molar-refractivity contribution in [2.75, 3.05) is 18.4 Å². The number of hydrogen-bond acceptors (Lipinski definition) is 4. The molecule has 2 aromatic rings. The third-order valence-corrected chi connectivity index (χ3v) is 7.28. The molecular weight excluding hydrogens is 430 g/mol. The van der Waals surface area contributed by atoms with Crippen molar-refractivity contribution in [3.63, 3.8) is 0 Å². The van der Waals surface area contributed by atoms with Gasteiger partial charge in [-0.25, -0.2) is 8.42 Å². The monoisotopic (exact) mass is 451 g/mol. The number of nitrogens with zero attached hydrogens (tertiary/aromatic N) is 1. The SMILES string of the molecule is CC1CCN(S(=O)(=O)c2ccc(NC(=S)NC(=O)c3ccccc3Cl)cc2)CC1. The predicted molar refractivity (Wildman–Crippen MR) is 119 cm³/mol. The van der Waals surface area contributed by atoms with Gasteiger partial charge in [-0.15, -0.1) is 0 Å². The van der Waals surface area contributed by atoms with E-state index in [0.717, 1.165) is 12.8 Å². The first-order valence-corrected chi connectivity index (χ1v) is 11.5. The molecule has 2 N–H and O–H groups in total. The number of nitrogens with one attached hydrogen (secondary N) is 2. The summed E-state index contributed by atoms with van der Waals surface area (Å²) in [6.07, 6.45) is 1.75. The molecule has 0 saturated carbocycles. The van der Waals surface area contributed by atoms with Crippen LogP contribution in [0.5, 0.6) is 0 Å². The first kappa shape index (κ1) is 21.7. The molecule has 154 valence electrons. The molecule has 0 atom stereocenters. The molecule has 1 heterocycles. The molecule has 9 heteroatoms. The Morgan fingerprint density at radius 2 is 1.72 bits per heavy atom. The first-order valence-electron chi connectivity index (χ1n) is 9.24. The molecule has 29 heavy (non-hydrogen) atoms. The molecule has 0 radical (unpaired) electrons. The maximum atomic E-state index is 12.8. The molecule has 1 aliphatic rings. The third-order valence-electron chi connectivity index (χ3n) is 4.84. The predicted octanol–water partition coefficient (Wildman–Crippen LogP) is 3.89. The summed E-state index contributed by atoms with van der Waals surface area (Å²) >= 11 is 11.2. The minimum absolute atomic E-state index is 0.0931. The van der Waals surface area contributed by atoms with Crippen molar-refractivity contribution < 1.29 is 13.2 Å². The summed E-state index contributed by atoms with van der Waals surface area (Å²) in [5, 5.41) is 5.85. The lowest BCUT2D eigenvalue weighted by atomic mass is 10.0. The van der Waals surface area contributed by atoms with Crippen LogP contribution in [0.1, 0.15) is 30.1 Å². The fraction of sp³-hybridized carbons (Fsp3) is 0.300. The zero-order valence-corrected chi connectivity index (χ0v) is 18.3. The van der Waals surface area contributed by atoms with E-state index in [1.807, 2.05) is 0 Å². The number of anilines is 1. The van der Waals surface area contributed by atoms with Crippen LogP contribution in [-0.2, 0) is 10.0 Å². The molecule has 0 spiro atoms. The van der Waals surface area contributed by atoms with Gasteiger partial charge in [0.1, 0.15) is 0 Å². The van der Waals surface area contributed by atoms with Crippen LogP contribution in [0.4, 0.5) is 5.69 Å². The highest BCUT2D eigenvalue weighted by Gasteiger charge is 2.27. The number of amides is 1. The van der Waals surface area contributed by atoms with Crippen LogP contribution in [0.25, 0.3) is 0 Å². The largest absolute Gasteiger partial charge is 0.332 e. The zero-order valence-electron chi connectivity index (χ0n) is 15.9. The molecule has 6 nitrogen and oxygen atoms in total. The fourth-order valence-electron chi connectivity index (χ4n) is 3.06. The quantitative estimate of drug-likeness (QED) is 0.689. The second-order valence-corrected chi connectivity index (χ2v) is 9.75. The van der Waals surface area contributed by atoms with Crippen molar-refractivity contribution in [2.45, 2.75) is 24.7 Å². The van der Waals surface area contributed by atoms with Gasteiger partial charge in [-0.1, -0.05) is 30.7 Å². The lowest BCUT2D eigenvalue weighted by Gasteiger charge is -2.29. The Morgan fingerprint density at radius 3 is 2.34 bits per heavy atom. The lowest BCUT2D eigenvalue weighted by molar-refractivity contribution is 0.0978. The van der Waals surface area contributed by atoms with Gasteiger partial charge in [0.2, 0.25) is 10.0 Å².